The minimum Gasteiger partial charge on any atom is -0.387 e. The zero-order valence-corrected chi connectivity index (χ0v) is 41.3. The number of hydrogen-bond donors (Lipinski definition) is 11. The molecule has 0 radical (unpaired) electrons. The first kappa shape index (κ1) is 53.5. The van der Waals surface area contributed by atoms with Gasteiger partial charge in [0.05, 0.1) is 45.6 Å². The number of fused-ring (bicyclic) bond motifs is 3. The number of hydrogen-bond acceptors (Lipinski definition) is 27. The predicted octanol–water partition coefficient (Wildman–Crippen LogP) is -3.19. The number of nitrogens with zero attached hydrogens (tertiary/aromatic N) is 10. The third kappa shape index (κ3) is 10.5. The van der Waals surface area contributed by atoms with Crippen LogP contribution in [0.3, 0.4) is 0 Å². The van der Waals surface area contributed by atoms with Crippen LogP contribution in [0.2, 0.25) is 0 Å². The molecule has 9 rings (SSSR count). The number of nitrogen functional groups attached to an aromatic ring is 3. The molecule has 0 amide bonds. The fourth-order valence-corrected chi connectivity index (χ4v) is 12.4. The van der Waals surface area contributed by atoms with E-state index >= 15 is 0 Å². The number of aryl methyl sites for hydroxylation is 1. The Bertz CT molecular complexity index is 3320. The smallest absolute Gasteiger partial charge is 0.387 e. The lowest BCUT2D eigenvalue weighted by molar-refractivity contribution is -0.646. The minimum atomic E-state index is -6.04. The van der Waals surface area contributed by atoms with Crippen molar-refractivity contribution in [1.29, 1.82) is 0 Å². The van der Waals surface area contributed by atoms with Crippen LogP contribution in [0.15, 0.2) is 34.9 Å². The highest BCUT2D eigenvalue weighted by Gasteiger charge is 2.52. The number of H-pyrrole nitrogens is 2. The van der Waals surface area contributed by atoms with E-state index in [1.165, 1.54) is 51.4 Å². The molecule has 0 spiro atoms. The zero-order valence-electron chi connectivity index (χ0n) is 38.6. The third-order valence-corrected chi connectivity index (χ3v) is 16.4. The van der Waals surface area contributed by atoms with E-state index in [1.54, 1.807) is 6.92 Å². The molecule has 3 aliphatic heterocycles. The van der Waals surface area contributed by atoms with Crippen LogP contribution in [0, 0.1) is 5.92 Å². The number of imidazole rings is 3. The van der Waals surface area contributed by atoms with Crippen LogP contribution in [-0.4, -0.2) is 166 Å². The molecule has 404 valence electrons. The van der Waals surface area contributed by atoms with Gasteiger partial charge in [-0.25, -0.2) is 38.2 Å². The van der Waals surface area contributed by atoms with E-state index in [4.69, 9.17) is 54.7 Å². The highest BCUT2D eigenvalue weighted by atomic mass is 31.3. The van der Waals surface area contributed by atoms with E-state index < -0.39 is 135 Å². The number of aromatic amines is 2. The Labute approximate surface area is 412 Å². The maximum absolute atomic E-state index is 13.2. The fourth-order valence-electron chi connectivity index (χ4n) is 8.89. The number of methoxy groups -OCH3 is 1. The number of aliphatic hydroxyl groups is 3. The van der Waals surface area contributed by atoms with E-state index in [9.17, 15) is 53.3 Å². The maximum atomic E-state index is 13.2. The van der Waals surface area contributed by atoms with Gasteiger partial charge in [-0.3, -0.25) is 37.7 Å². The molecule has 0 saturated carbocycles. The normalized spacial score (nSPS) is 29.9. The van der Waals surface area contributed by atoms with Crippen molar-refractivity contribution < 1.29 is 94.4 Å². The molecule has 36 nitrogen and oxygen atoms in total. The molecular weight excluding hydrogens is 1060 g/mol. The monoisotopic (exact) mass is 1110 g/mol. The summed E-state index contributed by atoms with van der Waals surface area (Å²) in [5.41, 5.74) is 16.5. The highest BCUT2D eigenvalue weighted by molar-refractivity contribution is 7.66. The van der Waals surface area contributed by atoms with Gasteiger partial charge in [-0.2, -0.15) is 23.2 Å². The summed E-state index contributed by atoms with van der Waals surface area (Å²) in [5.74, 6) is -1.24. The molecule has 14 N–H and O–H groups in total. The number of nitrogens with two attached hydrogens (primary N) is 3. The lowest BCUT2D eigenvalue weighted by atomic mass is 9.95. The second kappa shape index (κ2) is 20.7. The largest absolute Gasteiger partial charge is 0.490 e. The summed E-state index contributed by atoms with van der Waals surface area (Å²) in [4.78, 5) is 85.6. The SMILES string of the molecule is CC[C@H]1[C@@H](O)[C@H](n2c[n+](C)c3c(=O)[nH]c(N)nc32)O[C@@H]1COP(=O)(O)OP(=O)(O)OP(=O)(O)OC[C@H]1O[C@@H](n2cnc3c(N)ncnc32)[C@H](OC)[C@@H]1OCOC[C@H]1O[C@@H](n2cnc3c(=O)[nH]c(N)nc32)[C@H](O)[C@@H]1O. The molecule has 39 heteroatoms. The van der Waals surface area contributed by atoms with Gasteiger partial charge in [0, 0.05) is 13.0 Å². The van der Waals surface area contributed by atoms with Gasteiger partial charge >= 0.3 is 29.0 Å². The van der Waals surface area contributed by atoms with Crippen LogP contribution in [-0.2, 0) is 66.8 Å². The van der Waals surface area contributed by atoms with Crippen molar-refractivity contribution in [2.75, 3.05) is 50.9 Å². The second-order valence-corrected chi connectivity index (χ2v) is 21.5. The number of phosphoric ester groups is 2. The van der Waals surface area contributed by atoms with E-state index in [0.29, 0.717) is 0 Å². The molecule has 0 aliphatic carbocycles. The molecule has 6 aromatic rings. The summed E-state index contributed by atoms with van der Waals surface area (Å²) in [7, 11) is -14.7. The maximum Gasteiger partial charge on any atom is 0.490 e. The zero-order chi connectivity index (χ0) is 53.2. The molecule has 6 aromatic heterocycles. The Kier molecular flexibility index (Phi) is 15.0. The number of phosphoric acid groups is 3. The van der Waals surface area contributed by atoms with Crippen molar-refractivity contribution >= 4 is 74.7 Å². The lowest BCUT2D eigenvalue weighted by Crippen LogP contribution is -2.39. The van der Waals surface area contributed by atoms with E-state index in [-0.39, 0.29) is 57.6 Å². The molecule has 3 fully saturated rings. The standard InChI is InChI=1S/C35H48N15O21P3/c1-4-13-14(67-31(20(13)51)50-11-47(2)19-28(50)44-35(38)46-30(19)55)6-65-72(56,57)70-74(60,61)71-73(58,59)66-7-16-23(24(62-3)33(69-16)48-9-41-17-25(36)39-8-40-26(17)48)64-12-63-5-15-21(52)22(53)32(68-15)49-10-42-18-27(49)43-34(37)45-29(18)54/h8-11,13-16,20-24,31-33,51-53H,4-7,12H2,1-3H3,(H10-,36,37,38,39,40,43,44,45,46,54,55,56,57,58,59,60,61)/p+1/t13-,14-,15-,16-,20-,21-,22-,23-,24-,31-,32-,33-/m1/s1. The van der Waals surface area contributed by atoms with Crippen molar-refractivity contribution in [3.8, 4) is 0 Å². The fraction of sp³-hybridized carbons (Fsp3) is 0.571. The molecule has 0 bridgehead atoms. The first-order chi connectivity index (χ1) is 35.0. The van der Waals surface area contributed by atoms with Gasteiger partial charge in [0.1, 0.15) is 61.4 Å². The summed E-state index contributed by atoms with van der Waals surface area (Å²) in [5, 5.41) is 33.0. The Morgan fingerprint density at radius 2 is 1.30 bits per heavy atom. The number of ether oxygens (including phenoxy) is 6. The summed E-state index contributed by atoms with van der Waals surface area (Å²) >= 11 is 0. The Morgan fingerprint density at radius 1 is 0.703 bits per heavy atom. The van der Waals surface area contributed by atoms with Crippen LogP contribution >= 0.6 is 23.5 Å². The van der Waals surface area contributed by atoms with Gasteiger partial charge in [-0.05, 0) is 6.42 Å². The molecule has 3 saturated heterocycles. The Morgan fingerprint density at radius 3 is 1.97 bits per heavy atom. The Balaban J connectivity index is 0.840. The van der Waals surface area contributed by atoms with Crippen LogP contribution < -0.4 is 32.9 Å². The van der Waals surface area contributed by atoms with Gasteiger partial charge in [0.15, 0.2) is 35.1 Å². The van der Waals surface area contributed by atoms with Gasteiger partial charge in [0.2, 0.25) is 24.5 Å². The molecule has 74 heavy (non-hydrogen) atoms. The van der Waals surface area contributed by atoms with Gasteiger partial charge in [-0.1, -0.05) is 6.92 Å². The molecule has 0 aromatic carbocycles. The van der Waals surface area contributed by atoms with Crippen molar-refractivity contribution in [2.24, 2.45) is 13.0 Å². The summed E-state index contributed by atoms with van der Waals surface area (Å²) in [6, 6.07) is 0. The van der Waals surface area contributed by atoms with E-state index in [1.807, 2.05) is 0 Å². The van der Waals surface area contributed by atoms with Crippen molar-refractivity contribution in [3.63, 3.8) is 0 Å². The van der Waals surface area contributed by atoms with Crippen molar-refractivity contribution in [1.82, 2.24) is 53.6 Å². The second-order valence-electron chi connectivity index (χ2n) is 16.8. The molecule has 9 heterocycles. The average Bonchev–Trinajstić information content (AvgIpc) is 4.17. The predicted molar refractivity (Wildman–Crippen MR) is 242 cm³/mol. The van der Waals surface area contributed by atoms with Crippen molar-refractivity contribution in [2.45, 2.75) is 80.9 Å². The lowest BCUT2D eigenvalue weighted by Gasteiger charge is -2.24. The van der Waals surface area contributed by atoms with Gasteiger partial charge in [0.25, 0.3) is 16.7 Å². The minimum absolute atomic E-state index is 0.0110. The Hall–Kier alpha value is -5.30. The molecule has 3 unspecified atom stereocenters. The summed E-state index contributed by atoms with van der Waals surface area (Å²) < 4.78 is 98.6. The number of nitrogens with one attached hydrogen (secondary N) is 2. The molecular formula is C35H49N15O21P3+. The van der Waals surface area contributed by atoms with E-state index in [0.717, 1.165) is 6.33 Å². The van der Waals surface area contributed by atoms with Crippen LogP contribution in [0.5, 0.6) is 0 Å². The van der Waals surface area contributed by atoms with Gasteiger partial charge in [-0.15, -0.1) is 0 Å². The quantitative estimate of drug-likeness (QED) is 0.0155. The number of aromatic nitrogens is 12. The summed E-state index contributed by atoms with van der Waals surface area (Å²) in [6.07, 6.45) is -9.24. The van der Waals surface area contributed by atoms with Crippen LogP contribution in [0.4, 0.5) is 17.7 Å². The third-order valence-electron chi connectivity index (χ3n) is 12.2. The topological polar surface area (TPSA) is 505 Å². The highest BCUT2D eigenvalue weighted by Crippen LogP contribution is 2.68. The first-order valence-electron chi connectivity index (χ1n) is 21.8. The number of aliphatic hydroxyl groups excluding tert-OH is 3. The number of rotatable bonds is 20. The van der Waals surface area contributed by atoms with Crippen molar-refractivity contribution in [3.05, 3.63) is 46.0 Å². The van der Waals surface area contributed by atoms with E-state index in [2.05, 4.69) is 48.5 Å². The summed E-state index contributed by atoms with van der Waals surface area (Å²) in [6.45, 7) is -1.22. The van der Waals surface area contributed by atoms with Crippen LogP contribution in [0.1, 0.15) is 32.0 Å². The number of anilines is 3. The van der Waals surface area contributed by atoms with Gasteiger partial charge < -0.3 is 75.6 Å². The van der Waals surface area contributed by atoms with Crippen LogP contribution in [0.25, 0.3) is 33.5 Å². The average molecular weight is 1110 g/mol. The molecule has 15 atom stereocenters. The first-order valence-corrected chi connectivity index (χ1v) is 26.3. The molecule has 3 aliphatic rings.